The average Bonchev–Trinajstić information content (AvgIpc) is 3.07. The maximum Gasteiger partial charge on any atom is 0.265 e. The van der Waals surface area contributed by atoms with Crippen molar-refractivity contribution in [3.63, 3.8) is 0 Å². The first-order chi connectivity index (χ1) is 11.5. The maximum atomic E-state index is 12.6. The number of ether oxygens (including phenoxy) is 1. The van der Waals surface area contributed by atoms with Crippen molar-refractivity contribution in [2.24, 2.45) is 0 Å². The lowest BCUT2D eigenvalue weighted by Crippen LogP contribution is -2.40. The average molecular weight is 366 g/mol. The number of thiophene rings is 1. The van der Waals surface area contributed by atoms with Crippen molar-refractivity contribution < 1.29 is 17.9 Å². The van der Waals surface area contributed by atoms with Crippen molar-refractivity contribution >= 4 is 33.0 Å². The van der Waals surface area contributed by atoms with Crippen molar-refractivity contribution in [3.8, 4) is 0 Å². The number of hydrogen-bond donors (Lipinski definition) is 1. The normalized spacial score (nSPS) is 16.0. The number of morpholine rings is 1. The maximum absolute atomic E-state index is 12.6. The predicted octanol–water partition coefficient (Wildman–Crippen LogP) is 2.33. The van der Waals surface area contributed by atoms with Gasteiger partial charge in [-0.05, 0) is 30.7 Å². The molecule has 6 nitrogen and oxygen atoms in total. The van der Waals surface area contributed by atoms with Crippen molar-refractivity contribution in [1.82, 2.24) is 4.31 Å². The second kappa shape index (κ2) is 7.02. The summed E-state index contributed by atoms with van der Waals surface area (Å²) in [5, 5.41) is 4.30. The number of benzene rings is 1. The molecule has 1 N–H and O–H groups in total. The summed E-state index contributed by atoms with van der Waals surface area (Å²) in [5.74, 6) is -0.311. The zero-order chi connectivity index (χ0) is 17.2. The number of hydrogen-bond acceptors (Lipinski definition) is 5. The van der Waals surface area contributed by atoms with Gasteiger partial charge in [0.1, 0.15) is 0 Å². The summed E-state index contributed by atoms with van der Waals surface area (Å²) in [6.07, 6.45) is 0. The molecule has 1 saturated heterocycles. The van der Waals surface area contributed by atoms with Crippen LogP contribution in [-0.4, -0.2) is 44.9 Å². The lowest BCUT2D eigenvalue weighted by molar-refractivity contribution is 0.0730. The first kappa shape index (κ1) is 17.1. The number of sulfonamides is 1. The largest absolute Gasteiger partial charge is 0.379 e. The second-order valence-corrected chi connectivity index (χ2v) is 8.34. The number of carbonyl (C=O) groups is 1. The quantitative estimate of drug-likeness (QED) is 0.901. The van der Waals surface area contributed by atoms with Crippen LogP contribution < -0.4 is 5.32 Å². The van der Waals surface area contributed by atoms with Gasteiger partial charge in [-0.1, -0.05) is 12.1 Å². The van der Waals surface area contributed by atoms with E-state index in [1.807, 2.05) is 25.1 Å². The van der Waals surface area contributed by atoms with Gasteiger partial charge in [0, 0.05) is 24.2 Å². The molecule has 2 aromatic rings. The molecule has 24 heavy (non-hydrogen) atoms. The van der Waals surface area contributed by atoms with Gasteiger partial charge < -0.3 is 10.1 Å². The Balaban J connectivity index is 1.76. The number of carbonyl (C=O) groups excluding carboxylic acids is 1. The summed E-state index contributed by atoms with van der Waals surface area (Å²) >= 11 is 1.12. The molecule has 1 amide bonds. The summed E-state index contributed by atoms with van der Waals surface area (Å²) in [6, 6.07) is 8.88. The summed E-state index contributed by atoms with van der Waals surface area (Å²) in [6.45, 7) is 3.40. The zero-order valence-corrected chi connectivity index (χ0v) is 14.8. The molecule has 0 bridgehead atoms. The van der Waals surface area contributed by atoms with Crippen LogP contribution in [0.15, 0.2) is 40.6 Å². The minimum absolute atomic E-state index is 0.156. The molecule has 0 saturated carbocycles. The van der Waals surface area contributed by atoms with E-state index in [1.165, 1.54) is 15.8 Å². The highest BCUT2D eigenvalue weighted by Gasteiger charge is 2.28. The smallest absolute Gasteiger partial charge is 0.265 e. The first-order valence-corrected chi connectivity index (χ1v) is 9.83. The standard InChI is InChI=1S/C16H18N2O4S2/c1-12-3-2-4-13(9-12)17-16(19)15-10-14(11-23-15)24(20,21)18-5-7-22-8-6-18/h2-4,9-11H,5-8H2,1H3,(H,17,19). The SMILES string of the molecule is Cc1cccc(NC(=O)c2cc(S(=O)(=O)N3CCOCC3)cs2)c1. The van der Waals surface area contributed by atoms with Gasteiger partial charge in [0.2, 0.25) is 10.0 Å². The summed E-state index contributed by atoms with van der Waals surface area (Å²) in [5.41, 5.74) is 1.72. The van der Waals surface area contributed by atoms with Crippen LogP contribution in [0.1, 0.15) is 15.2 Å². The molecule has 0 atom stereocenters. The molecule has 1 aromatic heterocycles. The molecular formula is C16H18N2O4S2. The molecule has 1 aromatic carbocycles. The third kappa shape index (κ3) is 3.67. The summed E-state index contributed by atoms with van der Waals surface area (Å²) in [4.78, 5) is 12.8. The summed E-state index contributed by atoms with van der Waals surface area (Å²) in [7, 11) is -3.57. The van der Waals surface area contributed by atoms with Crippen LogP contribution in [0.3, 0.4) is 0 Å². The Kier molecular flexibility index (Phi) is 5.00. The number of rotatable bonds is 4. The fraction of sp³-hybridized carbons (Fsp3) is 0.312. The third-order valence-electron chi connectivity index (χ3n) is 3.68. The monoisotopic (exact) mass is 366 g/mol. The van der Waals surface area contributed by atoms with Crippen LogP contribution in [0.4, 0.5) is 5.69 Å². The van der Waals surface area contributed by atoms with Gasteiger partial charge >= 0.3 is 0 Å². The van der Waals surface area contributed by atoms with E-state index in [2.05, 4.69) is 5.32 Å². The van der Waals surface area contributed by atoms with E-state index in [-0.39, 0.29) is 10.8 Å². The van der Waals surface area contributed by atoms with E-state index in [4.69, 9.17) is 4.74 Å². The van der Waals surface area contributed by atoms with Gasteiger partial charge in [-0.3, -0.25) is 4.79 Å². The van der Waals surface area contributed by atoms with Crippen LogP contribution in [0, 0.1) is 6.92 Å². The van der Waals surface area contributed by atoms with Gasteiger partial charge in [0.15, 0.2) is 0 Å². The molecule has 3 rings (SSSR count). The van der Waals surface area contributed by atoms with Crippen molar-refractivity contribution in [2.45, 2.75) is 11.8 Å². The minimum Gasteiger partial charge on any atom is -0.379 e. The van der Waals surface area contributed by atoms with Crippen LogP contribution >= 0.6 is 11.3 Å². The Morgan fingerprint density at radius 2 is 2.00 bits per heavy atom. The minimum atomic E-state index is -3.57. The fourth-order valence-corrected chi connectivity index (χ4v) is 4.99. The fourth-order valence-electron chi connectivity index (χ4n) is 2.42. The molecule has 0 spiro atoms. The van der Waals surface area contributed by atoms with Crippen LogP contribution in [0.2, 0.25) is 0 Å². The predicted molar refractivity (Wildman–Crippen MR) is 93.0 cm³/mol. The van der Waals surface area contributed by atoms with E-state index in [9.17, 15) is 13.2 Å². The number of aryl methyl sites for hydroxylation is 1. The molecule has 8 heteroatoms. The van der Waals surface area contributed by atoms with Gasteiger partial charge in [-0.25, -0.2) is 8.42 Å². The van der Waals surface area contributed by atoms with Crippen molar-refractivity contribution in [1.29, 1.82) is 0 Å². The van der Waals surface area contributed by atoms with Crippen LogP contribution in [-0.2, 0) is 14.8 Å². The van der Waals surface area contributed by atoms with E-state index in [1.54, 1.807) is 6.07 Å². The molecule has 2 heterocycles. The highest BCUT2D eigenvalue weighted by molar-refractivity contribution is 7.89. The molecule has 0 aliphatic carbocycles. The Bertz CT molecular complexity index is 839. The second-order valence-electron chi connectivity index (χ2n) is 5.49. The molecule has 1 aliphatic rings. The molecule has 0 radical (unpaired) electrons. The molecule has 0 unspecified atom stereocenters. The zero-order valence-electron chi connectivity index (χ0n) is 13.2. The van der Waals surface area contributed by atoms with Gasteiger partial charge in [0.05, 0.1) is 23.0 Å². The van der Waals surface area contributed by atoms with Gasteiger partial charge in [0.25, 0.3) is 5.91 Å². The van der Waals surface area contributed by atoms with Crippen molar-refractivity contribution in [3.05, 3.63) is 46.2 Å². The Hall–Kier alpha value is -1.74. The Morgan fingerprint density at radius 3 is 2.71 bits per heavy atom. The molecule has 128 valence electrons. The van der Waals surface area contributed by atoms with Crippen LogP contribution in [0.25, 0.3) is 0 Å². The topological polar surface area (TPSA) is 75.7 Å². The van der Waals surface area contributed by atoms with Gasteiger partial charge in [-0.15, -0.1) is 11.3 Å². The molecular weight excluding hydrogens is 348 g/mol. The highest BCUT2D eigenvalue weighted by atomic mass is 32.2. The molecule has 1 fully saturated rings. The van der Waals surface area contributed by atoms with E-state index >= 15 is 0 Å². The lowest BCUT2D eigenvalue weighted by atomic mass is 10.2. The number of anilines is 1. The Morgan fingerprint density at radius 1 is 1.25 bits per heavy atom. The van der Waals surface area contributed by atoms with E-state index < -0.39 is 10.0 Å². The Labute approximate surface area is 145 Å². The number of nitrogens with zero attached hydrogens (tertiary/aromatic N) is 1. The van der Waals surface area contributed by atoms with Crippen molar-refractivity contribution in [2.75, 3.05) is 31.6 Å². The van der Waals surface area contributed by atoms with Gasteiger partial charge in [-0.2, -0.15) is 4.31 Å². The van der Waals surface area contributed by atoms with Crippen LogP contribution in [0.5, 0.6) is 0 Å². The highest BCUT2D eigenvalue weighted by Crippen LogP contribution is 2.24. The van der Waals surface area contributed by atoms with E-state index in [0.29, 0.717) is 36.9 Å². The first-order valence-electron chi connectivity index (χ1n) is 7.51. The third-order valence-corrected chi connectivity index (χ3v) is 6.64. The van der Waals surface area contributed by atoms with E-state index in [0.717, 1.165) is 16.9 Å². The summed E-state index contributed by atoms with van der Waals surface area (Å²) < 4.78 is 31.7. The number of amides is 1. The molecule has 1 aliphatic heterocycles. The number of nitrogens with one attached hydrogen (secondary N) is 1. The lowest BCUT2D eigenvalue weighted by Gasteiger charge is -2.25.